The van der Waals surface area contributed by atoms with Crippen molar-refractivity contribution >= 4 is 0 Å². The molecule has 0 amide bonds. The van der Waals surface area contributed by atoms with Gasteiger partial charge in [-0.05, 0) is 43.5 Å². The molecule has 2 aliphatic heterocycles. The van der Waals surface area contributed by atoms with E-state index in [0.29, 0.717) is 35.4 Å². The van der Waals surface area contributed by atoms with Crippen molar-refractivity contribution in [3.05, 3.63) is 71.9 Å². The van der Waals surface area contributed by atoms with Crippen LogP contribution in [-0.2, 0) is 6.61 Å². The van der Waals surface area contributed by atoms with Crippen molar-refractivity contribution in [1.82, 2.24) is 15.0 Å². The van der Waals surface area contributed by atoms with Crippen LogP contribution < -0.4 is 9.47 Å². The fraction of sp³-hybridized carbons (Fsp3) is 0.391. The standard InChI is InChI=1S/C23H25N3O3/c1-27-20-11-5-6-12-21(20)28-15-22-24-23(25-29-22)17-14-19(16-8-3-2-4-9-16)26-13-7-10-18(17)26/h2-6,8-9,11-12,17-19H,7,10,13-15H2,1H3/t17-,18+,19-/m1/s1. The maximum absolute atomic E-state index is 5.84. The van der Waals surface area contributed by atoms with Crippen LogP contribution in [-0.4, -0.2) is 34.7 Å². The third kappa shape index (κ3) is 3.49. The second-order valence-corrected chi connectivity index (χ2v) is 7.70. The summed E-state index contributed by atoms with van der Waals surface area (Å²) in [5.41, 5.74) is 1.38. The van der Waals surface area contributed by atoms with Crippen LogP contribution in [0.15, 0.2) is 59.1 Å². The average molecular weight is 391 g/mol. The number of methoxy groups -OCH3 is 1. The molecule has 2 saturated heterocycles. The maximum atomic E-state index is 5.84. The van der Waals surface area contributed by atoms with Gasteiger partial charge in [0.1, 0.15) is 0 Å². The number of hydrogen-bond acceptors (Lipinski definition) is 6. The molecule has 150 valence electrons. The molecule has 2 fully saturated rings. The van der Waals surface area contributed by atoms with Crippen LogP contribution in [0.5, 0.6) is 11.5 Å². The normalized spacial score (nSPS) is 23.8. The molecule has 2 aromatic carbocycles. The summed E-state index contributed by atoms with van der Waals surface area (Å²) in [7, 11) is 1.63. The molecule has 29 heavy (non-hydrogen) atoms. The average Bonchev–Trinajstić information content (AvgIpc) is 3.50. The zero-order valence-electron chi connectivity index (χ0n) is 16.5. The Kier molecular flexibility index (Phi) is 4.94. The molecule has 0 radical (unpaired) electrons. The van der Waals surface area contributed by atoms with Gasteiger partial charge in [-0.2, -0.15) is 4.98 Å². The van der Waals surface area contributed by atoms with Crippen LogP contribution >= 0.6 is 0 Å². The molecule has 0 saturated carbocycles. The summed E-state index contributed by atoms with van der Waals surface area (Å²) in [6.45, 7) is 1.37. The van der Waals surface area contributed by atoms with Crippen molar-refractivity contribution in [2.24, 2.45) is 0 Å². The van der Waals surface area contributed by atoms with Crippen LogP contribution in [0, 0.1) is 0 Å². The SMILES string of the molecule is COc1ccccc1OCc1nc([C@@H]2C[C@H](c3ccccc3)N3CCC[C@@H]23)no1. The molecule has 1 aromatic heterocycles. The molecule has 3 heterocycles. The summed E-state index contributed by atoms with van der Waals surface area (Å²) in [4.78, 5) is 7.31. The Morgan fingerprint density at radius 2 is 1.86 bits per heavy atom. The smallest absolute Gasteiger partial charge is 0.264 e. The predicted octanol–water partition coefficient (Wildman–Crippen LogP) is 4.35. The molecule has 0 spiro atoms. The Morgan fingerprint density at radius 1 is 1.07 bits per heavy atom. The van der Waals surface area contributed by atoms with Gasteiger partial charge in [0.05, 0.1) is 7.11 Å². The Hall–Kier alpha value is -2.86. The summed E-state index contributed by atoms with van der Waals surface area (Å²) in [5, 5.41) is 4.32. The molecule has 0 unspecified atom stereocenters. The van der Waals surface area contributed by atoms with E-state index in [1.165, 1.54) is 18.4 Å². The Morgan fingerprint density at radius 3 is 2.69 bits per heavy atom. The molecule has 0 aliphatic carbocycles. The highest BCUT2D eigenvalue weighted by molar-refractivity contribution is 5.39. The summed E-state index contributed by atoms with van der Waals surface area (Å²) in [6.07, 6.45) is 3.45. The van der Waals surface area contributed by atoms with E-state index in [9.17, 15) is 0 Å². The molecule has 0 N–H and O–H groups in total. The molecule has 3 aromatic rings. The van der Waals surface area contributed by atoms with E-state index >= 15 is 0 Å². The van der Waals surface area contributed by atoms with Gasteiger partial charge in [0.25, 0.3) is 5.89 Å². The van der Waals surface area contributed by atoms with Gasteiger partial charge in [-0.15, -0.1) is 0 Å². The Labute approximate surface area is 170 Å². The van der Waals surface area contributed by atoms with E-state index in [1.807, 2.05) is 24.3 Å². The number of hydrogen-bond donors (Lipinski definition) is 0. The zero-order valence-corrected chi connectivity index (χ0v) is 16.5. The fourth-order valence-corrected chi connectivity index (χ4v) is 4.80. The van der Waals surface area contributed by atoms with E-state index in [2.05, 4.69) is 45.4 Å². The zero-order chi connectivity index (χ0) is 19.6. The van der Waals surface area contributed by atoms with E-state index in [-0.39, 0.29) is 6.61 Å². The molecule has 0 bridgehead atoms. The molecule has 6 heteroatoms. The lowest BCUT2D eigenvalue weighted by Crippen LogP contribution is -2.27. The monoisotopic (exact) mass is 391 g/mol. The topological polar surface area (TPSA) is 60.6 Å². The fourth-order valence-electron chi connectivity index (χ4n) is 4.80. The van der Waals surface area contributed by atoms with Crippen molar-refractivity contribution in [3.63, 3.8) is 0 Å². The van der Waals surface area contributed by atoms with Gasteiger partial charge in [-0.3, -0.25) is 4.90 Å². The van der Waals surface area contributed by atoms with Gasteiger partial charge in [0, 0.05) is 18.0 Å². The van der Waals surface area contributed by atoms with Crippen molar-refractivity contribution in [1.29, 1.82) is 0 Å². The minimum atomic E-state index is 0.233. The second kappa shape index (κ2) is 7.87. The van der Waals surface area contributed by atoms with Crippen LogP contribution in [0.2, 0.25) is 0 Å². The van der Waals surface area contributed by atoms with Crippen molar-refractivity contribution in [3.8, 4) is 11.5 Å². The van der Waals surface area contributed by atoms with Crippen LogP contribution in [0.25, 0.3) is 0 Å². The van der Waals surface area contributed by atoms with Gasteiger partial charge in [-0.25, -0.2) is 0 Å². The van der Waals surface area contributed by atoms with E-state index < -0.39 is 0 Å². The van der Waals surface area contributed by atoms with Crippen LogP contribution in [0.4, 0.5) is 0 Å². The number of ether oxygens (including phenoxy) is 2. The van der Waals surface area contributed by atoms with Gasteiger partial charge in [-0.1, -0.05) is 47.6 Å². The quantitative estimate of drug-likeness (QED) is 0.623. The van der Waals surface area contributed by atoms with E-state index in [4.69, 9.17) is 14.0 Å². The lowest BCUT2D eigenvalue weighted by Gasteiger charge is -2.24. The summed E-state index contributed by atoms with van der Waals surface area (Å²) in [5.74, 6) is 2.96. The highest BCUT2D eigenvalue weighted by Crippen LogP contribution is 2.48. The molecular formula is C23H25N3O3. The number of nitrogens with zero attached hydrogens (tertiary/aromatic N) is 3. The highest BCUT2D eigenvalue weighted by atomic mass is 16.5. The molecule has 2 aliphatic rings. The number of benzene rings is 2. The number of aromatic nitrogens is 2. The van der Waals surface area contributed by atoms with Gasteiger partial charge in [0.2, 0.25) is 0 Å². The first-order chi connectivity index (χ1) is 14.3. The Balaban J connectivity index is 1.31. The minimum Gasteiger partial charge on any atom is -0.493 e. The largest absolute Gasteiger partial charge is 0.493 e. The second-order valence-electron chi connectivity index (χ2n) is 7.70. The van der Waals surface area contributed by atoms with Crippen LogP contribution in [0.3, 0.4) is 0 Å². The maximum Gasteiger partial charge on any atom is 0.264 e. The van der Waals surface area contributed by atoms with Crippen LogP contribution in [0.1, 0.15) is 48.5 Å². The first-order valence-corrected chi connectivity index (χ1v) is 10.2. The number of fused-ring (bicyclic) bond motifs is 1. The lowest BCUT2D eigenvalue weighted by atomic mass is 9.94. The van der Waals surface area contributed by atoms with Gasteiger partial charge in [0.15, 0.2) is 23.9 Å². The first kappa shape index (κ1) is 18.2. The Bertz CT molecular complexity index is 959. The third-order valence-corrected chi connectivity index (χ3v) is 6.10. The molecule has 6 nitrogen and oxygen atoms in total. The van der Waals surface area contributed by atoms with E-state index in [0.717, 1.165) is 18.8 Å². The minimum absolute atomic E-state index is 0.233. The van der Waals surface area contributed by atoms with Crippen molar-refractivity contribution < 1.29 is 14.0 Å². The lowest BCUT2D eigenvalue weighted by molar-refractivity contribution is 0.232. The first-order valence-electron chi connectivity index (χ1n) is 10.2. The third-order valence-electron chi connectivity index (χ3n) is 6.10. The van der Waals surface area contributed by atoms with Crippen molar-refractivity contribution in [2.45, 2.75) is 43.9 Å². The summed E-state index contributed by atoms with van der Waals surface area (Å²) >= 11 is 0. The van der Waals surface area contributed by atoms with E-state index in [1.54, 1.807) is 7.11 Å². The summed E-state index contributed by atoms with van der Waals surface area (Å²) < 4.78 is 16.7. The van der Waals surface area contributed by atoms with Gasteiger partial charge >= 0.3 is 0 Å². The number of para-hydroxylation sites is 2. The summed E-state index contributed by atoms with van der Waals surface area (Å²) in [6, 6.07) is 19.2. The molecule has 5 rings (SSSR count). The molecular weight excluding hydrogens is 366 g/mol. The predicted molar refractivity (Wildman–Crippen MR) is 108 cm³/mol. The highest BCUT2D eigenvalue weighted by Gasteiger charge is 2.46. The number of rotatable bonds is 6. The van der Waals surface area contributed by atoms with Crippen molar-refractivity contribution in [2.75, 3.05) is 13.7 Å². The molecule has 3 atom stereocenters. The van der Waals surface area contributed by atoms with Gasteiger partial charge < -0.3 is 14.0 Å².